The monoisotopic (exact) mass is 452 g/mol. The van der Waals surface area contributed by atoms with Gasteiger partial charge in [0.25, 0.3) is 0 Å². The Balaban J connectivity index is 2.73. The van der Waals surface area contributed by atoms with Gasteiger partial charge in [0.1, 0.15) is 20.1 Å². The zero-order valence-electron chi connectivity index (χ0n) is 14.7. The number of hydrogen-bond donors (Lipinski definition) is 2. The summed E-state index contributed by atoms with van der Waals surface area (Å²) in [7, 11) is -7.93. The number of carbonyl (C=O) groups excluding carboxylic acids is 1. The molecule has 0 aliphatic carbocycles. The van der Waals surface area contributed by atoms with Crippen molar-refractivity contribution in [2.24, 2.45) is 0 Å². The van der Waals surface area contributed by atoms with Crippen LogP contribution >= 0.6 is 23.5 Å². The Morgan fingerprint density at radius 3 is 2.26 bits per heavy atom. The molecule has 2 radical (unpaired) electrons. The highest BCUT2D eigenvalue weighted by Gasteiger charge is 2.45. The number of ether oxygens (including phenoxy) is 2. The molecule has 1 rings (SSSR count). The lowest BCUT2D eigenvalue weighted by Gasteiger charge is -2.22. The maximum Gasteiger partial charge on any atom is 0.492 e. The highest BCUT2D eigenvalue weighted by atomic mass is 31.3. The van der Waals surface area contributed by atoms with E-state index in [9.17, 15) is 23.4 Å². The van der Waals surface area contributed by atoms with Gasteiger partial charge in [0.2, 0.25) is 0 Å². The molecule has 0 saturated carbocycles. The third kappa shape index (κ3) is 8.43. The van der Waals surface area contributed by atoms with Crippen LogP contribution in [0.4, 0.5) is 0 Å². The van der Waals surface area contributed by atoms with Gasteiger partial charge in [0.15, 0.2) is 0 Å². The third-order valence-corrected chi connectivity index (χ3v) is 7.70. The van der Waals surface area contributed by atoms with E-state index in [1.165, 1.54) is 0 Å². The topological polar surface area (TPSA) is 173 Å². The third-order valence-electron chi connectivity index (χ3n) is 3.06. The number of carbonyl (C=O) groups is 1. The van der Waals surface area contributed by atoms with Gasteiger partial charge < -0.3 is 19.3 Å². The average molecular weight is 452 g/mol. The minimum atomic E-state index is -5.13. The first-order valence-corrected chi connectivity index (χ1v) is 11.8. The number of phosphoric acid groups is 3. The molecule has 1 aliphatic rings. The molecule has 0 aromatic rings. The second-order valence-electron chi connectivity index (χ2n) is 5.04. The first-order valence-electron chi connectivity index (χ1n) is 7.40. The summed E-state index contributed by atoms with van der Waals surface area (Å²) in [5.41, 5.74) is 0. The number of hydrogen-bond acceptors (Lipinski definition) is 11. The Morgan fingerprint density at radius 1 is 1.15 bits per heavy atom. The van der Waals surface area contributed by atoms with E-state index < -0.39 is 54.3 Å². The summed E-state index contributed by atoms with van der Waals surface area (Å²) in [5.74, 6) is -0.540. The lowest BCUT2D eigenvalue weighted by Crippen LogP contribution is -2.30. The molecule has 6 atom stereocenters. The Bertz CT molecular complexity index is 656. The second-order valence-corrected chi connectivity index (χ2v) is 10.1. The molecule has 6 unspecified atom stereocenters. The minimum Gasteiger partial charge on any atom is -0.459 e. The smallest absolute Gasteiger partial charge is 0.459 e. The van der Waals surface area contributed by atoms with Gasteiger partial charge in [-0.15, -0.1) is 0 Å². The summed E-state index contributed by atoms with van der Waals surface area (Å²) in [5, 5.41) is 0. The van der Waals surface area contributed by atoms with Crippen molar-refractivity contribution in [3.8, 4) is 0 Å². The highest BCUT2D eigenvalue weighted by molar-refractivity contribution is 7.67. The van der Waals surface area contributed by atoms with E-state index in [4.69, 9.17) is 22.2 Å². The van der Waals surface area contributed by atoms with Gasteiger partial charge in [-0.05, 0) is 0 Å². The zero-order valence-corrected chi connectivity index (χ0v) is 17.3. The lowest BCUT2D eigenvalue weighted by atomic mass is 9.96. The highest BCUT2D eigenvalue weighted by Crippen LogP contribution is 2.69. The normalized spacial score (nSPS) is 29.4. The van der Waals surface area contributed by atoms with Crippen molar-refractivity contribution >= 4 is 37.3 Å². The van der Waals surface area contributed by atoms with E-state index in [2.05, 4.69) is 22.2 Å². The predicted molar refractivity (Wildman–Crippen MR) is 88.6 cm³/mol. The van der Waals surface area contributed by atoms with Crippen molar-refractivity contribution in [3.05, 3.63) is 0 Å². The molecular weight excluding hydrogens is 432 g/mol. The molecule has 2 N–H and O–H groups in total. The van der Waals surface area contributed by atoms with Crippen molar-refractivity contribution in [2.75, 3.05) is 20.8 Å². The van der Waals surface area contributed by atoms with Crippen LogP contribution in [0.15, 0.2) is 0 Å². The van der Waals surface area contributed by atoms with Crippen molar-refractivity contribution in [1.82, 2.24) is 0 Å². The van der Waals surface area contributed by atoms with Gasteiger partial charge in [-0.3, -0.25) is 18.4 Å². The van der Waals surface area contributed by atoms with E-state index in [1.54, 1.807) is 6.92 Å². The Labute approximate surface area is 156 Å². The van der Waals surface area contributed by atoms with Crippen LogP contribution in [0.2, 0.25) is 0 Å². The first kappa shape index (κ1) is 24.9. The molecule has 17 heteroatoms. The van der Waals surface area contributed by atoms with Crippen molar-refractivity contribution < 1.29 is 59.9 Å². The van der Waals surface area contributed by atoms with Crippen LogP contribution in [0.1, 0.15) is 19.8 Å². The first-order chi connectivity index (χ1) is 12.4. The van der Waals surface area contributed by atoms with Gasteiger partial charge in [-0.1, -0.05) is 6.92 Å². The zero-order chi connectivity index (χ0) is 20.9. The van der Waals surface area contributed by atoms with E-state index in [0.29, 0.717) is 0 Å². The van der Waals surface area contributed by atoms with Crippen LogP contribution < -0.4 is 0 Å². The molecule has 27 heavy (non-hydrogen) atoms. The minimum absolute atomic E-state index is 0.0932. The Morgan fingerprint density at radius 2 is 1.74 bits per heavy atom. The molecule has 0 aromatic heterocycles. The molecule has 1 heterocycles. The number of esters is 1. The van der Waals surface area contributed by atoms with E-state index in [1.807, 2.05) is 0 Å². The van der Waals surface area contributed by atoms with Crippen molar-refractivity contribution in [3.63, 3.8) is 0 Å². The molecule has 156 valence electrons. The molecule has 1 aliphatic heterocycles. The largest absolute Gasteiger partial charge is 0.492 e. The summed E-state index contributed by atoms with van der Waals surface area (Å²) in [6, 6.07) is -0.803. The van der Waals surface area contributed by atoms with Crippen LogP contribution in [0.5, 0.6) is 0 Å². The van der Waals surface area contributed by atoms with Gasteiger partial charge >= 0.3 is 29.4 Å². The summed E-state index contributed by atoms with van der Waals surface area (Å²) >= 11 is 0. The van der Waals surface area contributed by atoms with E-state index >= 15 is 0 Å². The van der Waals surface area contributed by atoms with Gasteiger partial charge in [0, 0.05) is 33.1 Å². The molecule has 0 bridgehead atoms. The molecule has 0 spiro atoms. The van der Waals surface area contributed by atoms with Crippen LogP contribution in [0, 0.1) is 0 Å². The van der Waals surface area contributed by atoms with Crippen LogP contribution in [0.25, 0.3) is 0 Å². The lowest BCUT2D eigenvalue weighted by molar-refractivity contribution is -0.152. The Kier molecular flexibility index (Phi) is 9.32. The maximum absolute atomic E-state index is 12.1. The molecule has 1 saturated heterocycles. The van der Waals surface area contributed by atoms with Gasteiger partial charge in [-0.2, -0.15) is 8.62 Å². The molecule has 1 fully saturated rings. The fraction of sp³-hybridized carbons (Fsp3) is 0.900. The average Bonchev–Trinajstić information content (AvgIpc) is 2.91. The standard InChI is InChI=1S/C10H20BO13P3/c1-4-10(12)22-7-5-9(11)21-8(7)6-20-26(15,16)24-27(17,19-3)23-25(13,14)18-2/h7-9H,4-6H2,1-3H3,(H,13,14)(H,15,16). The van der Waals surface area contributed by atoms with Gasteiger partial charge in [-0.25, -0.2) is 13.7 Å². The summed E-state index contributed by atoms with van der Waals surface area (Å²) in [6.45, 7) is 0.926. The van der Waals surface area contributed by atoms with Crippen molar-refractivity contribution in [2.45, 2.75) is 38.0 Å². The summed E-state index contributed by atoms with van der Waals surface area (Å²) in [6.07, 6.45) is -1.64. The molecule has 13 nitrogen and oxygen atoms in total. The molecular formula is C10H20BO13P3. The summed E-state index contributed by atoms with van der Waals surface area (Å²) in [4.78, 5) is 30.2. The fourth-order valence-electron chi connectivity index (χ4n) is 1.83. The van der Waals surface area contributed by atoms with E-state index in [0.717, 1.165) is 14.2 Å². The molecule has 0 amide bonds. The number of phosphoric ester groups is 2. The SMILES string of the molecule is [B]C1CC(OC(=O)CC)C(COP(=O)(O)OP(=O)(OC)OP(=O)(O)OC)O1. The number of rotatable bonds is 11. The fourth-order valence-corrected chi connectivity index (χ4v) is 5.56. The van der Waals surface area contributed by atoms with Gasteiger partial charge in [0.05, 0.1) is 6.61 Å². The van der Waals surface area contributed by atoms with Crippen LogP contribution in [0.3, 0.4) is 0 Å². The van der Waals surface area contributed by atoms with Crippen LogP contribution in [-0.4, -0.2) is 62.6 Å². The summed E-state index contributed by atoms with van der Waals surface area (Å²) < 4.78 is 66.9. The second kappa shape index (κ2) is 10.1. The van der Waals surface area contributed by atoms with E-state index in [-0.39, 0.29) is 12.8 Å². The van der Waals surface area contributed by atoms with Crippen LogP contribution in [-0.2, 0) is 50.2 Å². The molecule has 0 aromatic carbocycles. The maximum atomic E-state index is 12.1. The van der Waals surface area contributed by atoms with Crippen molar-refractivity contribution in [1.29, 1.82) is 0 Å². The Hall–Kier alpha value is -0.0951. The predicted octanol–water partition coefficient (Wildman–Crippen LogP) is 1.24. The quantitative estimate of drug-likeness (QED) is 0.261.